The maximum Gasteiger partial charge on any atom is 0.350 e. The van der Waals surface area contributed by atoms with Gasteiger partial charge in [0.25, 0.3) is 5.82 Å². The first kappa shape index (κ1) is 15.4. The van der Waals surface area contributed by atoms with Gasteiger partial charge in [0.1, 0.15) is 0 Å². The smallest absolute Gasteiger partial charge is 0.350 e. The molecule has 2 atom stereocenters. The third-order valence-electron chi connectivity index (χ3n) is 4.45. The molecule has 23 heavy (non-hydrogen) atoms. The van der Waals surface area contributed by atoms with Crippen molar-refractivity contribution in [3.05, 3.63) is 34.0 Å². The predicted octanol–water partition coefficient (Wildman–Crippen LogP) is 1.46. The Kier molecular flexibility index (Phi) is 4.01. The van der Waals surface area contributed by atoms with Crippen LogP contribution in [-0.2, 0) is 7.05 Å². The molecule has 1 aliphatic heterocycles. The van der Waals surface area contributed by atoms with Gasteiger partial charge in [-0.1, -0.05) is 13.5 Å². The molecule has 1 saturated heterocycles. The molecule has 120 valence electrons. The molecule has 1 aliphatic rings. The monoisotopic (exact) mass is 312 g/mol. The van der Waals surface area contributed by atoms with Gasteiger partial charge >= 0.3 is 5.69 Å². The molecule has 0 bridgehead atoms. The number of aromatic nitrogens is 3. The highest BCUT2D eigenvalue weighted by Crippen LogP contribution is 2.26. The van der Waals surface area contributed by atoms with Crippen LogP contribution in [0.5, 0.6) is 0 Å². The number of nitrogens with zero attached hydrogens (tertiary/aromatic N) is 5. The second-order valence-electron chi connectivity index (χ2n) is 5.94. The van der Waals surface area contributed by atoms with Crippen LogP contribution in [-0.4, -0.2) is 39.7 Å². The summed E-state index contributed by atoms with van der Waals surface area (Å²) in [5, 5.41) is 3.49. The minimum absolute atomic E-state index is 0.207. The number of piperazine rings is 1. The number of hydrogen-bond donors (Lipinski definition) is 1. The minimum Gasteiger partial charge on any atom is -0.361 e. The molecule has 2 aromatic heterocycles. The summed E-state index contributed by atoms with van der Waals surface area (Å²) in [6.07, 6.45) is 1.01. The summed E-state index contributed by atoms with van der Waals surface area (Å²) in [5.74, 6) is 0.898. The first-order valence-electron chi connectivity index (χ1n) is 7.80. The van der Waals surface area contributed by atoms with Crippen molar-refractivity contribution >= 4 is 22.7 Å². The lowest BCUT2D eigenvalue weighted by molar-refractivity contribution is 0.395. The van der Waals surface area contributed by atoms with Crippen molar-refractivity contribution in [2.75, 3.05) is 18.0 Å². The summed E-state index contributed by atoms with van der Waals surface area (Å²) >= 11 is 0. The second-order valence-corrected chi connectivity index (χ2v) is 5.94. The Morgan fingerprint density at radius 2 is 2.22 bits per heavy atom. The molecule has 0 radical (unpaired) electrons. The summed E-state index contributed by atoms with van der Waals surface area (Å²) < 4.78 is 1.48. The summed E-state index contributed by atoms with van der Waals surface area (Å²) in [6.45, 7) is 13.0. The Morgan fingerprint density at radius 3 is 2.91 bits per heavy atom. The molecular weight excluding hydrogens is 292 g/mol. The normalized spacial score (nSPS) is 21.4. The van der Waals surface area contributed by atoms with E-state index in [9.17, 15) is 4.79 Å². The number of anilines is 1. The third-order valence-corrected chi connectivity index (χ3v) is 4.45. The molecule has 0 amide bonds. The maximum atomic E-state index is 12.2. The van der Waals surface area contributed by atoms with Gasteiger partial charge in [0.15, 0.2) is 5.82 Å². The van der Waals surface area contributed by atoms with Crippen LogP contribution in [0, 0.1) is 6.57 Å². The third kappa shape index (κ3) is 2.66. The van der Waals surface area contributed by atoms with Crippen molar-refractivity contribution in [1.29, 1.82) is 0 Å². The number of hydrogen-bond acceptors (Lipinski definition) is 5. The van der Waals surface area contributed by atoms with Gasteiger partial charge in [0.2, 0.25) is 5.52 Å². The van der Waals surface area contributed by atoms with Crippen molar-refractivity contribution < 1.29 is 0 Å². The van der Waals surface area contributed by atoms with Crippen molar-refractivity contribution in [3.8, 4) is 0 Å². The van der Waals surface area contributed by atoms with E-state index in [1.54, 1.807) is 19.2 Å². The first-order valence-corrected chi connectivity index (χ1v) is 7.80. The van der Waals surface area contributed by atoms with Gasteiger partial charge < -0.3 is 15.1 Å². The van der Waals surface area contributed by atoms with Gasteiger partial charge in [-0.05, 0) is 25.5 Å². The summed E-state index contributed by atoms with van der Waals surface area (Å²) in [4.78, 5) is 26.4. The largest absolute Gasteiger partial charge is 0.361 e. The van der Waals surface area contributed by atoms with E-state index in [1.807, 2.05) is 0 Å². The summed E-state index contributed by atoms with van der Waals surface area (Å²) in [5.41, 5.74) is 1.01. The van der Waals surface area contributed by atoms with Crippen molar-refractivity contribution in [2.24, 2.45) is 7.05 Å². The Hall–Kier alpha value is -2.46. The lowest BCUT2D eigenvalue weighted by Crippen LogP contribution is -2.56. The average molecular weight is 312 g/mol. The van der Waals surface area contributed by atoms with E-state index >= 15 is 0 Å². The Labute approximate surface area is 134 Å². The topological polar surface area (TPSA) is 67.4 Å². The van der Waals surface area contributed by atoms with E-state index in [-0.39, 0.29) is 11.7 Å². The van der Waals surface area contributed by atoms with Gasteiger partial charge in [-0.25, -0.2) is 4.79 Å². The molecule has 0 saturated carbocycles. The molecule has 1 N–H and O–H groups in total. The standard InChI is InChI=1S/C16H20N6O/c1-5-11-9-22(10(2)8-18-11)15-14-12(21(4)16(23)20-15)6-7-13(17-3)19-14/h6-7,10-11,18H,5,8-9H2,1-2,4H3/t10-,11+/m0/s1. The van der Waals surface area contributed by atoms with E-state index in [2.05, 4.69) is 38.9 Å². The van der Waals surface area contributed by atoms with E-state index < -0.39 is 0 Å². The lowest BCUT2D eigenvalue weighted by atomic mass is 10.1. The maximum absolute atomic E-state index is 12.2. The van der Waals surface area contributed by atoms with Crippen LogP contribution in [0.2, 0.25) is 0 Å². The fourth-order valence-electron chi connectivity index (χ4n) is 2.96. The van der Waals surface area contributed by atoms with Gasteiger partial charge in [0.05, 0.1) is 5.52 Å². The molecule has 0 aliphatic carbocycles. The van der Waals surface area contributed by atoms with E-state index in [4.69, 9.17) is 6.57 Å². The Bertz CT molecular complexity index is 837. The van der Waals surface area contributed by atoms with Crippen molar-refractivity contribution in [1.82, 2.24) is 19.9 Å². The zero-order valence-corrected chi connectivity index (χ0v) is 13.6. The van der Waals surface area contributed by atoms with Crippen LogP contribution in [0.15, 0.2) is 16.9 Å². The van der Waals surface area contributed by atoms with Crippen LogP contribution in [0.3, 0.4) is 0 Å². The van der Waals surface area contributed by atoms with Gasteiger partial charge in [-0.2, -0.15) is 4.98 Å². The molecule has 2 aromatic rings. The predicted molar refractivity (Wildman–Crippen MR) is 89.9 cm³/mol. The van der Waals surface area contributed by atoms with Gasteiger partial charge in [-0.15, -0.1) is 4.98 Å². The number of aryl methyl sites for hydroxylation is 1. The van der Waals surface area contributed by atoms with Crippen LogP contribution in [0.4, 0.5) is 11.6 Å². The fraction of sp³-hybridized carbons (Fsp3) is 0.500. The second kappa shape index (κ2) is 5.97. The summed E-state index contributed by atoms with van der Waals surface area (Å²) in [7, 11) is 1.68. The Morgan fingerprint density at radius 1 is 1.43 bits per heavy atom. The molecule has 3 heterocycles. The molecule has 0 aromatic carbocycles. The highest BCUT2D eigenvalue weighted by atomic mass is 16.1. The van der Waals surface area contributed by atoms with Gasteiger partial charge in [-0.3, -0.25) is 4.57 Å². The molecule has 3 rings (SSSR count). The number of fused-ring (bicyclic) bond motifs is 1. The average Bonchev–Trinajstić information content (AvgIpc) is 2.58. The van der Waals surface area contributed by atoms with Crippen LogP contribution >= 0.6 is 0 Å². The molecule has 7 nitrogen and oxygen atoms in total. The first-order chi connectivity index (χ1) is 11.0. The molecule has 0 unspecified atom stereocenters. The van der Waals surface area contributed by atoms with E-state index in [0.29, 0.717) is 28.7 Å². The van der Waals surface area contributed by atoms with Crippen molar-refractivity contribution in [2.45, 2.75) is 32.4 Å². The SMILES string of the molecule is [C-]#[N+]c1ccc2c(n1)c(N1C[C@@H](CC)NC[C@@H]1C)nc(=O)n2C. The highest BCUT2D eigenvalue weighted by Gasteiger charge is 2.28. The van der Waals surface area contributed by atoms with Crippen LogP contribution < -0.4 is 15.9 Å². The van der Waals surface area contributed by atoms with Crippen LogP contribution in [0.1, 0.15) is 20.3 Å². The lowest BCUT2D eigenvalue weighted by Gasteiger charge is -2.39. The number of pyridine rings is 1. The molecule has 1 fully saturated rings. The fourth-order valence-corrected chi connectivity index (χ4v) is 2.96. The van der Waals surface area contributed by atoms with E-state index in [0.717, 1.165) is 19.5 Å². The number of nitrogens with one attached hydrogen (secondary N) is 1. The quantitative estimate of drug-likeness (QED) is 0.850. The minimum atomic E-state index is -0.302. The zero-order valence-electron chi connectivity index (χ0n) is 13.6. The highest BCUT2D eigenvalue weighted by molar-refractivity contribution is 5.87. The molecular formula is C16H20N6O. The zero-order chi connectivity index (χ0) is 16.6. The number of rotatable bonds is 2. The van der Waals surface area contributed by atoms with E-state index in [1.165, 1.54) is 4.57 Å². The van der Waals surface area contributed by atoms with Crippen molar-refractivity contribution in [3.63, 3.8) is 0 Å². The molecule has 0 spiro atoms. The van der Waals surface area contributed by atoms with Crippen LogP contribution in [0.25, 0.3) is 15.9 Å². The Balaban J connectivity index is 2.21. The van der Waals surface area contributed by atoms with Gasteiger partial charge in [0, 0.05) is 32.2 Å². The molecule has 7 heteroatoms. The summed E-state index contributed by atoms with van der Waals surface area (Å²) in [6, 6.07) is 3.97.